The zero-order valence-electron chi connectivity index (χ0n) is 17.5. The molecule has 0 saturated heterocycles. The van der Waals surface area contributed by atoms with Gasteiger partial charge in [0, 0.05) is 17.3 Å². The molecule has 0 spiro atoms. The molecule has 0 aromatic heterocycles. The lowest BCUT2D eigenvalue weighted by atomic mass is 9.77. The van der Waals surface area contributed by atoms with E-state index in [1.54, 1.807) is 43.5 Å². The number of fused-ring (bicyclic) bond motifs is 3. The molecule has 5 nitrogen and oxygen atoms in total. The summed E-state index contributed by atoms with van der Waals surface area (Å²) in [5.74, 6) is 0.728. The molecule has 2 aliphatic rings. The molecule has 164 valence electrons. The zero-order chi connectivity index (χ0) is 22.3. The number of benzene rings is 3. The Labute approximate surface area is 187 Å². The molecule has 1 heterocycles. The summed E-state index contributed by atoms with van der Waals surface area (Å²) >= 11 is 0. The fraction of sp³-hybridized carbons (Fsp3) is 0.200. The van der Waals surface area contributed by atoms with Crippen molar-refractivity contribution in [3.63, 3.8) is 0 Å². The third-order valence-electron chi connectivity index (χ3n) is 6.22. The van der Waals surface area contributed by atoms with Crippen molar-refractivity contribution in [1.82, 2.24) is 0 Å². The summed E-state index contributed by atoms with van der Waals surface area (Å²) in [7, 11) is -2.19. The lowest BCUT2D eigenvalue weighted by Gasteiger charge is -2.37. The first-order valence-electron chi connectivity index (χ1n) is 10.4. The van der Waals surface area contributed by atoms with Gasteiger partial charge in [0.25, 0.3) is 10.0 Å². The van der Waals surface area contributed by atoms with Crippen molar-refractivity contribution in [2.75, 3.05) is 17.1 Å². The second-order valence-electron chi connectivity index (χ2n) is 8.11. The highest BCUT2D eigenvalue weighted by Gasteiger charge is 2.38. The lowest BCUT2D eigenvalue weighted by Crippen LogP contribution is -2.29. The third kappa shape index (κ3) is 3.73. The second kappa shape index (κ2) is 7.98. The van der Waals surface area contributed by atoms with Crippen LogP contribution in [0.15, 0.2) is 83.8 Å². The number of hydrogen-bond acceptors (Lipinski definition) is 4. The normalized spacial score (nSPS) is 21.4. The van der Waals surface area contributed by atoms with Crippen LogP contribution in [0, 0.1) is 11.7 Å². The number of anilines is 2. The quantitative estimate of drug-likeness (QED) is 0.507. The average molecular weight is 451 g/mol. The van der Waals surface area contributed by atoms with Gasteiger partial charge in [0.2, 0.25) is 0 Å². The number of nitrogens with one attached hydrogen (secondary N) is 2. The van der Waals surface area contributed by atoms with Crippen LogP contribution in [-0.2, 0) is 10.0 Å². The summed E-state index contributed by atoms with van der Waals surface area (Å²) in [5, 5.41) is 3.55. The minimum atomic E-state index is -3.75. The molecule has 1 aliphatic heterocycles. The van der Waals surface area contributed by atoms with Crippen LogP contribution in [0.5, 0.6) is 5.75 Å². The van der Waals surface area contributed by atoms with Gasteiger partial charge < -0.3 is 10.1 Å². The highest BCUT2D eigenvalue weighted by Crippen LogP contribution is 2.50. The molecule has 1 aliphatic carbocycles. The van der Waals surface area contributed by atoms with E-state index in [4.69, 9.17) is 4.74 Å². The Morgan fingerprint density at radius 2 is 1.78 bits per heavy atom. The van der Waals surface area contributed by atoms with Gasteiger partial charge in [-0.25, -0.2) is 12.8 Å². The number of rotatable bonds is 5. The topological polar surface area (TPSA) is 67.4 Å². The summed E-state index contributed by atoms with van der Waals surface area (Å²) in [4.78, 5) is 0.216. The molecule has 7 heteroatoms. The van der Waals surface area contributed by atoms with Crippen molar-refractivity contribution < 1.29 is 17.5 Å². The Morgan fingerprint density at radius 3 is 2.50 bits per heavy atom. The second-order valence-corrected chi connectivity index (χ2v) is 9.79. The van der Waals surface area contributed by atoms with E-state index >= 15 is 0 Å². The van der Waals surface area contributed by atoms with Crippen molar-refractivity contribution in [3.05, 3.63) is 95.8 Å². The van der Waals surface area contributed by atoms with Crippen LogP contribution in [0.25, 0.3) is 0 Å². The maximum absolute atomic E-state index is 13.4. The number of allylic oxidation sites excluding steroid dienone is 2. The number of hydrogen-bond donors (Lipinski definition) is 2. The molecule has 0 fully saturated rings. The predicted molar refractivity (Wildman–Crippen MR) is 123 cm³/mol. The van der Waals surface area contributed by atoms with Gasteiger partial charge in [-0.05, 0) is 78.1 Å². The van der Waals surface area contributed by atoms with Gasteiger partial charge in [0.05, 0.1) is 18.0 Å². The van der Waals surface area contributed by atoms with Gasteiger partial charge in [-0.1, -0.05) is 24.3 Å². The van der Waals surface area contributed by atoms with E-state index in [1.165, 1.54) is 12.1 Å². The molecular weight excluding hydrogens is 427 g/mol. The van der Waals surface area contributed by atoms with E-state index in [0.717, 1.165) is 23.2 Å². The third-order valence-corrected chi connectivity index (χ3v) is 7.59. The summed E-state index contributed by atoms with van der Waals surface area (Å²) in [6, 6.07) is 18.5. The van der Waals surface area contributed by atoms with Gasteiger partial charge in [0.1, 0.15) is 11.6 Å². The monoisotopic (exact) mass is 450 g/mol. The molecule has 3 aromatic carbocycles. The standard InChI is InChI=1S/C25H23FN2O3S/c1-31-19-11-9-18(10-12-19)28-32(29,30)20-13-14-24-23(15-20)21-3-2-4-22(21)25(27-24)16-5-7-17(26)8-6-16/h2-3,5-15,21-22,25,27-28H,4H2,1H3/t21-,22-,25-/m1/s1. The first-order chi connectivity index (χ1) is 15.4. The zero-order valence-corrected chi connectivity index (χ0v) is 18.3. The van der Waals surface area contributed by atoms with E-state index in [-0.39, 0.29) is 28.6 Å². The summed E-state index contributed by atoms with van der Waals surface area (Å²) in [6.45, 7) is 0. The molecule has 3 atom stereocenters. The van der Waals surface area contributed by atoms with Crippen molar-refractivity contribution in [2.45, 2.75) is 23.3 Å². The Balaban J connectivity index is 1.46. The largest absolute Gasteiger partial charge is 0.497 e. The molecule has 0 radical (unpaired) electrons. The van der Waals surface area contributed by atoms with Crippen molar-refractivity contribution in [3.8, 4) is 5.75 Å². The van der Waals surface area contributed by atoms with Crippen LogP contribution < -0.4 is 14.8 Å². The minimum absolute atomic E-state index is 0.0305. The Hall–Kier alpha value is -3.32. The Morgan fingerprint density at radius 1 is 1.03 bits per heavy atom. The fourth-order valence-corrected chi connectivity index (χ4v) is 5.71. The number of ether oxygens (including phenoxy) is 1. The smallest absolute Gasteiger partial charge is 0.261 e. The first-order valence-corrected chi connectivity index (χ1v) is 11.9. The molecular formula is C25H23FN2O3S. The highest BCUT2D eigenvalue weighted by molar-refractivity contribution is 7.92. The van der Waals surface area contributed by atoms with E-state index in [2.05, 4.69) is 22.2 Å². The molecule has 2 N–H and O–H groups in total. The van der Waals surface area contributed by atoms with Crippen LogP contribution in [0.1, 0.15) is 29.5 Å². The summed E-state index contributed by atoms with van der Waals surface area (Å²) in [6.07, 6.45) is 5.16. The molecule has 3 aromatic rings. The maximum atomic E-state index is 13.4. The summed E-state index contributed by atoms with van der Waals surface area (Å²) < 4.78 is 47.2. The molecule has 0 unspecified atom stereocenters. The van der Waals surface area contributed by atoms with E-state index in [1.807, 2.05) is 18.2 Å². The number of halogens is 1. The van der Waals surface area contributed by atoms with Gasteiger partial charge in [-0.2, -0.15) is 0 Å². The number of sulfonamides is 1. The lowest BCUT2D eigenvalue weighted by molar-refractivity contribution is 0.415. The first kappa shape index (κ1) is 20.6. The van der Waals surface area contributed by atoms with Crippen LogP contribution >= 0.6 is 0 Å². The van der Waals surface area contributed by atoms with Gasteiger partial charge >= 0.3 is 0 Å². The predicted octanol–water partition coefficient (Wildman–Crippen LogP) is 5.46. The molecule has 0 bridgehead atoms. The van der Waals surface area contributed by atoms with E-state index in [9.17, 15) is 12.8 Å². The highest BCUT2D eigenvalue weighted by atomic mass is 32.2. The van der Waals surface area contributed by atoms with Gasteiger partial charge in [-0.3, -0.25) is 4.72 Å². The fourth-order valence-electron chi connectivity index (χ4n) is 4.61. The molecule has 0 amide bonds. The van der Waals surface area contributed by atoms with E-state index in [0.29, 0.717) is 11.4 Å². The van der Waals surface area contributed by atoms with Crippen LogP contribution in [0.2, 0.25) is 0 Å². The van der Waals surface area contributed by atoms with Crippen LogP contribution in [0.3, 0.4) is 0 Å². The Kier molecular flexibility index (Phi) is 5.13. The molecule has 5 rings (SSSR count). The van der Waals surface area contributed by atoms with Gasteiger partial charge in [-0.15, -0.1) is 0 Å². The SMILES string of the molecule is COc1ccc(NS(=O)(=O)c2ccc3c(c2)[C@@H]2C=CC[C@H]2[C@@H](c2ccc(F)cc2)N3)cc1. The minimum Gasteiger partial charge on any atom is -0.497 e. The molecule has 0 saturated carbocycles. The number of methoxy groups -OCH3 is 1. The van der Waals surface area contributed by atoms with Crippen LogP contribution in [-0.4, -0.2) is 15.5 Å². The average Bonchev–Trinajstić information content (AvgIpc) is 3.29. The Bertz CT molecular complexity index is 1270. The van der Waals surface area contributed by atoms with Crippen molar-refractivity contribution in [1.29, 1.82) is 0 Å². The van der Waals surface area contributed by atoms with Crippen molar-refractivity contribution in [2.24, 2.45) is 5.92 Å². The van der Waals surface area contributed by atoms with Gasteiger partial charge in [0.15, 0.2) is 0 Å². The summed E-state index contributed by atoms with van der Waals surface area (Å²) in [5.41, 5.74) is 3.35. The van der Waals surface area contributed by atoms with E-state index < -0.39 is 10.0 Å². The van der Waals surface area contributed by atoms with Crippen molar-refractivity contribution >= 4 is 21.4 Å². The maximum Gasteiger partial charge on any atom is 0.261 e. The van der Waals surface area contributed by atoms with Crippen LogP contribution in [0.4, 0.5) is 15.8 Å². The molecule has 32 heavy (non-hydrogen) atoms.